The van der Waals surface area contributed by atoms with E-state index in [1.807, 2.05) is 0 Å². The molecular formula is C46H92N2S. The minimum absolute atomic E-state index is 0.0702. The van der Waals surface area contributed by atoms with Gasteiger partial charge >= 0.3 is 0 Å². The summed E-state index contributed by atoms with van der Waals surface area (Å²) < 4.78 is 0. The molecule has 0 amide bonds. The summed E-state index contributed by atoms with van der Waals surface area (Å²) in [5.41, 5.74) is 0. The highest BCUT2D eigenvalue weighted by molar-refractivity contribution is 8.02. The Morgan fingerprint density at radius 2 is 0.408 bits per heavy atom. The lowest BCUT2D eigenvalue weighted by Crippen LogP contribution is -2.27. The monoisotopic (exact) mass is 705 g/mol. The molecule has 0 N–H and O–H groups in total. The SMILES string of the molecule is CCCCCCCCCCCC1(CCCCCCCCCCC)N=NC(CCCCCCCCCCC)(CCCCCCCCCCC)S1. The van der Waals surface area contributed by atoms with E-state index >= 15 is 0 Å². The first-order valence-electron chi connectivity index (χ1n) is 23.3. The molecule has 0 saturated heterocycles. The third-order valence-corrected chi connectivity index (χ3v) is 13.2. The van der Waals surface area contributed by atoms with Crippen LogP contribution in [0.2, 0.25) is 0 Å². The minimum Gasteiger partial charge on any atom is -0.175 e. The van der Waals surface area contributed by atoms with E-state index < -0.39 is 0 Å². The maximum atomic E-state index is 5.36. The van der Waals surface area contributed by atoms with E-state index in [0.717, 1.165) is 0 Å². The van der Waals surface area contributed by atoms with Crippen molar-refractivity contribution in [3.8, 4) is 0 Å². The molecule has 1 aliphatic heterocycles. The molecule has 49 heavy (non-hydrogen) atoms. The van der Waals surface area contributed by atoms with Crippen LogP contribution in [-0.4, -0.2) is 9.74 Å². The Morgan fingerprint density at radius 3 is 0.592 bits per heavy atom. The second-order valence-electron chi connectivity index (χ2n) is 16.5. The Kier molecular flexibility index (Phi) is 33.6. The van der Waals surface area contributed by atoms with E-state index in [2.05, 4.69) is 39.5 Å². The Bertz CT molecular complexity index is 591. The van der Waals surface area contributed by atoms with Crippen LogP contribution in [0.3, 0.4) is 0 Å². The van der Waals surface area contributed by atoms with Crippen LogP contribution in [-0.2, 0) is 0 Å². The van der Waals surface area contributed by atoms with Crippen LogP contribution in [0.25, 0.3) is 0 Å². The van der Waals surface area contributed by atoms with Crippen LogP contribution >= 0.6 is 11.8 Å². The molecule has 1 heterocycles. The lowest BCUT2D eigenvalue weighted by Gasteiger charge is -2.31. The van der Waals surface area contributed by atoms with Crippen molar-refractivity contribution in [1.29, 1.82) is 0 Å². The molecule has 0 atom stereocenters. The molecule has 0 aromatic rings. The number of hydrogen-bond acceptors (Lipinski definition) is 3. The zero-order valence-electron chi connectivity index (χ0n) is 34.6. The zero-order chi connectivity index (χ0) is 35.4. The highest BCUT2D eigenvalue weighted by Gasteiger charge is 2.46. The first-order valence-corrected chi connectivity index (χ1v) is 24.1. The average Bonchev–Trinajstić information content (AvgIpc) is 3.47. The summed E-state index contributed by atoms with van der Waals surface area (Å²) in [5.74, 6) is 0. The van der Waals surface area contributed by atoms with Gasteiger partial charge in [-0.15, -0.1) is 0 Å². The molecule has 0 aromatic carbocycles. The summed E-state index contributed by atoms with van der Waals surface area (Å²) in [4.78, 5) is 0.140. The van der Waals surface area contributed by atoms with Crippen LogP contribution in [0.5, 0.6) is 0 Å². The number of thioether (sulfide) groups is 1. The van der Waals surface area contributed by atoms with Crippen molar-refractivity contribution in [2.45, 2.75) is 294 Å². The van der Waals surface area contributed by atoms with Crippen LogP contribution in [0.1, 0.15) is 285 Å². The van der Waals surface area contributed by atoms with Gasteiger partial charge in [0.1, 0.15) is 9.74 Å². The fourth-order valence-electron chi connectivity index (χ4n) is 8.08. The first kappa shape index (κ1) is 47.0. The summed E-state index contributed by atoms with van der Waals surface area (Å²) in [6.07, 6.45) is 55.9. The minimum atomic E-state index is 0.0702. The molecule has 3 heteroatoms. The topological polar surface area (TPSA) is 24.7 Å². The summed E-state index contributed by atoms with van der Waals surface area (Å²) in [6.45, 7) is 9.30. The molecule has 0 aromatic heterocycles. The van der Waals surface area contributed by atoms with Gasteiger partial charge in [0.15, 0.2) is 0 Å². The van der Waals surface area contributed by atoms with E-state index in [1.54, 1.807) is 0 Å². The fraction of sp³-hybridized carbons (Fsp3) is 1.00. The Balaban J connectivity index is 2.68. The molecule has 0 saturated carbocycles. The van der Waals surface area contributed by atoms with E-state index in [4.69, 9.17) is 10.2 Å². The van der Waals surface area contributed by atoms with Crippen LogP contribution in [0, 0.1) is 0 Å². The maximum Gasteiger partial charge on any atom is 0.129 e. The molecular weight excluding hydrogens is 613 g/mol. The van der Waals surface area contributed by atoms with Crippen molar-refractivity contribution in [2.24, 2.45) is 10.2 Å². The van der Waals surface area contributed by atoms with Crippen LogP contribution in [0.15, 0.2) is 10.2 Å². The fourth-order valence-corrected chi connectivity index (χ4v) is 9.93. The molecule has 0 aliphatic carbocycles. The number of nitrogens with zero attached hydrogens (tertiary/aromatic N) is 2. The van der Waals surface area contributed by atoms with Crippen molar-refractivity contribution >= 4 is 11.8 Å². The lowest BCUT2D eigenvalue weighted by atomic mass is 9.99. The van der Waals surface area contributed by atoms with E-state index in [9.17, 15) is 0 Å². The zero-order valence-corrected chi connectivity index (χ0v) is 35.4. The molecule has 0 unspecified atom stereocenters. The van der Waals surface area contributed by atoms with Crippen molar-refractivity contribution in [3.63, 3.8) is 0 Å². The predicted octanol–water partition coefficient (Wildman–Crippen LogP) is 18.3. The number of hydrogen-bond donors (Lipinski definition) is 0. The predicted molar refractivity (Wildman–Crippen MR) is 225 cm³/mol. The van der Waals surface area contributed by atoms with Crippen molar-refractivity contribution in [1.82, 2.24) is 0 Å². The van der Waals surface area contributed by atoms with Gasteiger partial charge in [0.2, 0.25) is 0 Å². The van der Waals surface area contributed by atoms with Gasteiger partial charge in [-0.25, -0.2) is 0 Å². The average molecular weight is 705 g/mol. The molecule has 0 fully saturated rings. The molecule has 1 aliphatic rings. The molecule has 2 nitrogen and oxygen atoms in total. The second-order valence-corrected chi connectivity index (χ2v) is 18.2. The maximum absolute atomic E-state index is 5.36. The quantitative estimate of drug-likeness (QED) is 0.0583. The van der Waals surface area contributed by atoms with Gasteiger partial charge in [-0.2, -0.15) is 10.2 Å². The van der Waals surface area contributed by atoms with Gasteiger partial charge in [0, 0.05) is 0 Å². The van der Waals surface area contributed by atoms with Gasteiger partial charge in [-0.05, 0) is 25.7 Å². The van der Waals surface area contributed by atoms with E-state index in [1.165, 1.54) is 257 Å². The number of unbranched alkanes of at least 4 members (excludes halogenated alkanes) is 32. The summed E-state index contributed by atoms with van der Waals surface area (Å²) >= 11 is 2.28. The third-order valence-electron chi connectivity index (χ3n) is 11.5. The molecule has 1 rings (SSSR count). The van der Waals surface area contributed by atoms with Crippen LogP contribution < -0.4 is 0 Å². The summed E-state index contributed by atoms with van der Waals surface area (Å²) in [5, 5.41) is 10.7. The second kappa shape index (κ2) is 35.0. The Hall–Kier alpha value is -0.0500. The van der Waals surface area contributed by atoms with Gasteiger partial charge in [-0.3, -0.25) is 0 Å². The highest BCUT2D eigenvalue weighted by Crippen LogP contribution is 2.55. The van der Waals surface area contributed by atoms with E-state index in [-0.39, 0.29) is 9.74 Å². The first-order chi connectivity index (χ1) is 24.2. The Labute approximate surface area is 315 Å². The number of azo groups is 1. The van der Waals surface area contributed by atoms with Crippen LogP contribution in [0.4, 0.5) is 0 Å². The largest absolute Gasteiger partial charge is 0.175 e. The molecule has 0 bridgehead atoms. The molecule has 0 radical (unpaired) electrons. The molecule has 292 valence electrons. The summed E-state index contributed by atoms with van der Waals surface area (Å²) in [6, 6.07) is 0. The third kappa shape index (κ3) is 27.3. The summed E-state index contributed by atoms with van der Waals surface area (Å²) in [7, 11) is 0. The smallest absolute Gasteiger partial charge is 0.129 e. The standard InChI is InChI=1S/C46H92N2S/c1-5-9-13-17-21-25-29-33-37-41-45(42-38-34-30-26-22-18-14-10-6-2)47-48-46(49-45,43-39-35-31-27-23-19-15-11-7-3)44-40-36-32-28-24-20-16-12-8-4/h5-44H2,1-4H3. The normalized spacial score (nSPS) is 15.1. The molecule has 0 spiro atoms. The van der Waals surface area contributed by atoms with Crippen molar-refractivity contribution in [2.75, 3.05) is 0 Å². The van der Waals surface area contributed by atoms with Gasteiger partial charge in [0.25, 0.3) is 0 Å². The van der Waals surface area contributed by atoms with Gasteiger partial charge in [0.05, 0.1) is 0 Å². The van der Waals surface area contributed by atoms with Gasteiger partial charge < -0.3 is 0 Å². The van der Waals surface area contributed by atoms with Crippen molar-refractivity contribution < 1.29 is 0 Å². The number of rotatable bonds is 40. The van der Waals surface area contributed by atoms with Gasteiger partial charge in [-0.1, -0.05) is 271 Å². The highest BCUT2D eigenvalue weighted by atomic mass is 32.2. The Morgan fingerprint density at radius 1 is 0.245 bits per heavy atom. The lowest BCUT2D eigenvalue weighted by molar-refractivity contribution is 0.431. The van der Waals surface area contributed by atoms with E-state index in [0.29, 0.717) is 0 Å². The van der Waals surface area contributed by atoms with Crippen molar-refractivity contribution in [3.05, 3.63) is 0 Å².